The van der Waals surface area contributed by atoms with E-state index in [4.69, 9.17) is 15.2 Å². The van der Waals surface area contributed by atoms with Crippen molar-refractivity contribution in [2.75, 3.05) is 13.2 Å². The van der Waals surface area contributed by atoms with Crippen LogP contribution in [0.15, 0.2) is 18.5 Å². The zero-order valence-electron chi connectivity index (χ0n) is 8.69. The molecule has 0 saturated carbocycles. The van der Waals surface area contributed by atoms with E-state index in [-0.39, 0.29) is 6.10 Å². The summed E-state index contributed by atoms with van der Waals surface area (Å²) in [6.45, 7) is 1.92. The summed E-state index contributed by atoms with van der Waals surface area (Å²) in [6, 6.07) is 1.88. The Morgan fingerprint density at radius 3 is 3.27 bits per heavy atom. The van der Waals surface area contributed by atoms with Crippen LogP contribution < -0.4 is 10.5 Å². The molecule has 2 N–H and O–H groups in total. The van der Waals surface area contributed by atoms with Gasteiger partial charge in [-0.2, -0.15) is 0 Å². The van der Waals surface area contributed by atoms with Gasteiger partial charge < -0.3 is 15.2 Å². The van der Waals surface area contributed by atoms with E-state index >= 15 is 0 Å². The first-order chi connectivity index (χ1) is 7.40. The maximum Gasteiger partial charge on any atom is 0.142 e. The SMILES string of the molecule is NCc1ccncc1OC[C@H]1CCCO1. The fourth-order valence-electron chi connectivity index (χ4n) is 1.67. The third kappa shape index (κ3) is 2.67. The first-order valence-electron chi connectivity index (χ1n) is 5.27. The molecule has 2 heterocycles. The molecule has 0 aromatic carbocycles. The highest BCUT2D eigenvalue weighted by molar-refractivity contribution is 5.29. The van der Waals surface area contributed by atoms with Crippen molar-refractivity contribution in [1.29, 1.82) is 0 Å². The lowest BCUT2D eigenvalue weighted by atomic mass is 10.2. The lowest BCUT2D eigenvalue weighted by Gasteiger charge is -2.13. The molecule has 1 atom stereocenters. The summed E-state index contributed by atoms with van der Waals surface area (Å²) in [4.78, 5) is 4.02. The number of nitrogens with zero attached hydrogens (tertiary/aromatic N) is 1. The van der Waals surface area contributed by atoms with Crippen LogP contribution in [0.1, 0.15) is 18.4 Å². The predicted octanol–water partition coefficient (Wildman–Crippen LogP) is 1.10. The number of ether oxygens (including phenoxy) is 2. The molecule has 0 aliphatic carbocycles. The molecule has 15 heavy (non-hydrogen) atoms. The van der Waals surface area contributed by atoms with Gasteiger partial charge in [0, 0.05) is 24.9 Å². The van der Waals surface area contributed by atoms with Crippen LogP contribution in [-0.4, -0.2) is 24.3 Å². The Labute approximate surface area is 89.4 Å². The van der Waals surface area contributed by atoms with Gasteiger partial charge >= 0.3 is 0 Å². The summed E-state index contributed by atoms with van der Waals surface area (Å²) in [6.07, 6.45) is 5.87. The van der Waals surface area contributed by atoms with E-state index in [1.807, 2.05) is 6.07 Å². The lowest BCUT2D eigenvalue weighted by Crippen LogP contribution is -2.17. The fourth-order valence-corrected chi connectivity index (χ4v) is 1.67. The molecule has 1 saturated heterocycles. The Balaban J connectivity index is 1.91. The molecule has 1 aromatic heterocycles. The largest absolute Gasteiger partial charge is 0.489 e. The Kier molecular flexibility index (Phi) is 3.53. The van der Waals surface area contributed by atoms with Crippen LogP contribution in [0.4, 0.5) is 0 Å². The van der Waals surface area contributed by atoms with Gasteiger partial charge in [-0.25, -0.2) is 0 Å². The van der Waals surface area contributed by atoms with Crippen molar-refractivity contribution in [3.8, 4) is 5.75 Å². The first kappa shape index (κ1) is 10.4. The predicted molar refractivity (Wildman–Crippen MR) is 56.6 cm³/mol. The number of pyridine rings is 1. The summed E-state index contributed by atoms with van der Waals surface area (Å²) in [5.41, 5.74) is 6.58. The molecule has 82 valence electrons. The zero-order chi connectivity index (χ0) is 10.5. The highest BCUT2D eigenvalue weighted by Gasteiger charge is 2.16. The molecule has 4 nitrogen and oxygen atoms in total. The summed E-state index contributed by atoms with van der Waals surface area (Å²) in [5, 5.41) is 0. The smallest absolute Gasteiger partial charge is 0.142 e. The monoisotopic (exact) mass is 208 g/mol. The van der Waals surface area contributed by atoms with Gasteiger partial charge in [0.2, 0.25) is 0 Å². The second-order valence-corrected chi connectivity index (χ2v) is 3.63. The minimum absolute atomic E-state index is 0.232. The number of hydrogen-bond acceptors (Lipinski definition) is 4. The summed E-state index contributed by atoms with van der Waals surface area (Å²) >= 11 is 0. The summed E-state index contributed by atoms with van der Waals surface area (Å²) < 4.78 is 11.1. The van der Waals surface area contributed by atoms with Gasteiger partial charge in [-0.1, -0.05) is 0 Å². The average Bonchev–Trinajstić information content (AvgIpc) is 2.79. The van der Waals surface area contributed by atoms with E-state index in [9.17, 15) is 0 Å². The highest BCUT2D eigenvalue weighted by Crippen LogP contribution is 2.18. The molecular formula is C11H16N2O2. The van der Waals surface area contributed by atoms with Gasteiger partial charge in [0.25, 0.3) is 0 Å². The van der Waals surface area contributed by atoms with Gasteiger partial charge in [-0.3, -0.25) is 4.98 Å². The van der Waals surface area contributed by atoms with Crippen molar-refractivity contribution in [3.05, 3.63) is 24.0 Å². The van der Waals surface area contributed by atoms with Crippen molar-refractivity contribution in [2.45, 2.75) is 25.5 Å². The third-order valence-corrected chi connectivity index (χ3v) is 2.54. The average molecular weight is 208 g/mol. The van der Waals surface area contributed by atoms with Gasteiger partial charge in [0.05, 0.1) is 12.3 Å². The molecule has 4 heteroatoms. The number of rotatable bonds is 4. The van der Waals surface area contributed by atoms with Crippen molar-refractivity contribution >= 4 is 0 Å². The van der Waals surface area contributed by atoms with Crippen LogP contribution in [-0.2, 0) is 11.3 Å². The molecule has 0 bridgehead atoms. The van der Waals surface area contributed by atoms with Gasteiger partial charge in [0.15, 0.2) is 0 Å². The summed E-state index contributed by atoms with van der Waals surface area (Å²) in [7, 11) is 0. The Hall–Kier alpha value is -1.13. The first-order valence-corrected chi connectivity index (χ1v) is 5.27. The van der Waals surface area contributed by atoms with E-state index in [1.54, 1.807) is 12.4 Å². The van der Waals surface area contributed by atoms with Crippen LogP contribution in [0, 0.1) is 0 Å². The van der Waals surface area contributed by atoms with E-state index in [0.717, 1.165) is 30.8 Å². The minimum Gasteiger partial charge on any atom is -0.489 e. The van der Waals surface area contributed by atoms with E-state index in [2.05, 4.69) is 4.98 Å². The van der Waals surface area contributed by atoms with Crippen molar-refractivity contribution < 1.29 is 9.47 Å². The lowest BCUT2D eigenvalue weighted by molar-refractivity contribution is 0.0675. The molecule has 1 aromatic rings. The van der Waals surface area contributed by atoms with Crippen molar-refractivity contribution in [1.82, 2.24) is 4.98 Å². The van der Waals surface area contributed by atoms with Gasteiger partial charge in [-0.15, -0.1) is 0 Å². The van der Waals surface area contributed by atoms with Crippen LogP contribution in [0.2, 0.25) is 0 Å². The second-order valence-electron chi connectivity index (χ2n) is 3.63. The van der Waals surface area contributed by atoms with Crippen LogP contribution in [0.25, 0.3) is 0 Å². The molecule has 1 aliphatic rings. The van der Waals surface area contributed by atoms with Gasteiger partial charge in [0.1, 0.15) is 12.4 Å². The molecule has 0 amide bonds. The van der Waals surface area contributed by atoms with Crippen LogP contribution in [0.5, 0.6) is 5.75 Å². The molecule has 2 rings (SSSR count). The fraction of sp³-hybridized carbons (Fsp3) is 0.545. The normalized spacial score (nSPS) is 20.5. The minimum atomic E-state index is 0.232. The molecule has 0 spiro atoms. The van der Waals surface area contributed by atoms with E-state index in [1.165, 1.54) is 0 Å². The number of nitrogens with two attached hydrogens (primary N) is 1. The van der Waals surface area contributed by atoms with Crippen molar-refractivity contribution in [3.63, 3.8) is 0 Å². The standard InChI is InChI=1S/C11H16N2O2/c12-6-9-3-4-13-7-11(9)15-8-10-2-1-5-14-10/h3-4,7,10H,1-2,5-6,8,12H2/t10-/m1/s1. The molecule has 0 unspecified atom stereocenters. The topological polar surface area (TPSA) is 57.4 Å². The second kappa shape index (κ2) is 5.09. The van der Waals surface area contributed by atoms with E-state index in [0.29, 0.717) is 13.2 Å². The molecule has 1 aliphatic heterocycles. The van der Waals surface area contributed by atoms with Crippen molar-refractivity contribution in [2.24, 2.45) is 5.73 Å². The zero-order valence-corrected chi connectivity index (χ0v) is 8.69. The Bertz CT molecular complexity index is 311. The van der Waals surface area contributed by atoms with E-state index < -0.39 is 0 Å². The molecular weight excluding hydrogens is 192 g/mol. The number of aromatic nitrogens is 1. The third-order valence-electron chi connectivity index (χ3n) is 2.54. The maximum atomic E-state index is 5.64. The maximum absolute atomic E-state index is 5.64. The van der Waals surface area contributed by atoms with Gasteiger partial charge in [-0.05, 0) is 18.9 Å². The Morgan fingerprint density at radius 2 is 2.53 bits per heavy atom. The summed E-state index contributed by atoms with van der Waals surface area (Å²) in [5.74, 6) is 0.774. The number of hydrogen-bond donors (Lipinski definition) is 1. The quantitative estimate of drug-likeness (QED) is 0.805. The van der Waals surface area contributed by atoms with Crippen LogP contribution in [0.3, 0.4) is 0 Å². The molecule has 0 radical (unpaired) electrons. The molecule has 1 fully saturated rings. The van der Waals surface area contributed by atoms with Crippen LogP contribution >= 0.6 is 0 Å². The highest BCUT2D eigenvalue weighted by atomic mass is 16.5. The Morgan fingerprint density at radius 1 is 1.60 bits per heavy atom.